The standard InChI is InChI=1S/C51H39N3/c1-51(2,3)39-28-26-36(27-29-39)40-30-31-45(42-19-11-10-18-41(40)42)46-32-33-47(44-21-13-12-20-43(44)46)50-53-48(37-16-8-5-9-17-37)52-49(54-50)38-24-22-35(23-25-38)34-14-6-4-7-15-34/h4-33H,1-3H3. The minimum Gasteiger partial charge on any atom is -0.208 e. The monoisotopic (exact) mass is 693 g/mol. The summed E-state index contributed by atoms with van der Waals surface area (Å²) in [5.41, 5.74) is 11.5. The zero-order chi connectivity index (χ0) is 36.6. The fraction of sp³-hybridized carbons (Fsp3) is 0.0784. The van der Waals surface area contributed by atoms with Crippen LogP contribution in [0.2, 0.25) is 0 Å². The Labute approximate surface area is 316 Å². The molecule has 3 heteroatoms. The summed E-state index contributed by atoms with van der Waals surface area (Å²) in [6.45, 7) is 6.78. The molecule has 0 bridgehead atoms. The molecule has 0 fully saturated rings. The number of hydrogen-bond donors (Lipinski definition) is 0. The highest BCUT2D eigenvalue weighted by molar-refractivity contribution is 6.11. The third-order valence-electron chi connectivity index (χ3n) is 10.4. The molecule has 8 aromatic carbocycles. The van der Waals surface area contributed by atoms with E-state index in [0.29, 0.717) is 17.5 Å². The van der Waals surface area contributed by atoms with Crippen molar-refractivity contribution in [1.82, 2.24) is 15.0 Å². The lowest BCUT2D eigenvalue weighted by molar-refractivity contribution is 0.590. The zero-order valence-corrected chi connectivity index (χ0v) is 30.7. The molecule has 1 aromatic heterocycles. The SMILES string of the molecule is CC(C)(C)c1ccc(-c2ccc(-c3ccc(-c4nc(-c5ccccc5)nc(-c5ccc(-c6ccccc6)cc5)n4)c4ccccc34)c3ccccc23)cc1. The van der Waals surface area contributed by atoms with Crippen molar-refractivity contribution < 1.29 is 0 Å². The molecular weight excluding hydrogens is 655 g/mol. The molecule has 9 rings (SSSR count). The number of rotatable bonds is 6. The zero-order valence-electron chi connectivity index (χ0n) is 30.7. The summed E-state index contributed by atoms with van der Waals surface area (Å²) in [5, 5.41) is 4.70. The second-order valence-corrected chi connectivity index (χ2v) is 14.9. The van der Waals surface area contributed by atoms with Crippen molar-refractivity contribution in [3.8, 4) is 67.5 Å². The molecule has 3 nitrogen and oxygen atoms in total. The van der Waals surface area contributed by atoms with Crippen LogP contribution in [0.5, 0.6) is 0 Å². The maximum Gasteiger partial charge on any atom is 0.164 e. The van der Waals surface area contributed by atoms with Crippen LogP contribution in [0.3, 0.4) is 0 Å². The Kier molecular flexibility index (Phi) is 8.40. The Hall–Kier alpha value is -6.71. The van der Waals surface area contributed by atoms with E-state index in [1.165, 1.54) is 44.2 Å². The Morgan fingerprint density at radius 2 is 0.630 bits per heavy atom. The van der Waals surface area contributed by atoms with E-state index in [0.717, 1.165) is 33.0 Å². The van der Waals surface area contributed by atoms with E-state index in [1.807, 2.05) is 24.3 Å². The predicted molar refractivity (Wildman–Crippen MR) is 226 cm³/mol. The van der Waals surface area contributed by atoms with Crippen LogP contribution >= 0.6 is 0 Å². The normalized spacial score (nSPS) is 11.6. The van der Waals surface area contributed by atoms with Gasteiger partial charge in [-0.05, 0) is 72.0 Å². The molecule has 0 aliphatic heterocycles. The second-order valence-electron chi connectivity index (χ2n) is 14.9. The molecule has 0 radical (unpaired) electrons. The maximum absolute atomic E-state index is 5.15. The summed E-state index contributed by atoms with van der Waals surface area (Å²) in [5.74, 6) is 1.93. The highest BCUT2D eigenvalue weighted by Crippen LogP contribution is 2.41. The summed E-state index contributed by atoms with van der Waals surface area (Å²) in [4.78, 5) is 15.3. The first kappa shape index (κ1) is 33.1. The topological polar surface area (TPSA) is 38.7 Å². The molecule has 0 N–H and O–H groups in total. The molecule has 0 atom stereocenters. The Morgan fingerprint density at radius 1 is 0.278 bits per heavy atom. The van der Waals surface area contributed by atoms with Gasteiger partial charge in [-0.15, -0.1) is 0 Å². The van der Waals surface area contributed by atoms with E-state index in [-0.39, 0.29) is 5.41 Å². The van der Waals surface area contributed by atoms with Crippen LogP contribution in [0, 0.1) is 0 Å². The van der Waals surface area contributed by atoms with Gasteiger partial charge in [-0.2, -0.15) is 0 Å². The first-order chi connectivity index (χ1) is 26.4. The molecule has 9 aromatic rings. The molecule has 0 saturated carbocycles. The predicted octanol–water partition coefficient (Wildman–Crippen LogP) is 13.5. The van der Waals surface area contributed by atoms with Crippen molar-refractivity contribution >= 4 is 21.5 Å². The Bertz CT molecular complexity index is 2760. The average Bonchev–Trinajstić information content (AvgIpc) is 3.23. The van der Waals surface area contributed by atoms with Crippen LogP contribution in [0.4, 0.5) is 0 Å². The van der Waals surface area contributed by atoms with Crippen LogP contribution in [-0.4, -0.2) is 15.0 Å². The third-order valence-corrected chi connectivity index (χ3v) is 10.4. The lowest BCUT2D eigenvalue weighted by Gasteiger charge is -2.20. The quantitative estimate of drug-likeness (QED) is 0.174. The van der Waals surface area contributed by atoms with E-state index in [1.54, 1.807) is 0 Å². The van der Waals surface area contributed by atoms with Crippen LogP contribution in [0.1, 0.15) is 26.3 Å². The average molecular weight is 694 g/mol. The van der Waals surface area contributed by atoms with Gasteiger partial charge in [0.1, 0.15) is 0 Å². The second kappa shape index (κ2) is 13.7. The molecule has 258 valence electrons. The molecule has 0 aliphatic rings. The van der Waals surface area contributed by atoms with Crippen molar-refractivity contribution in [2.75, 3.05) is 0 Å². The number of fused-ring (bicyclic) bond motifs is 2. The van der Waals surface area contributed by atoms with E-state index < -0.39 is 0 Å². The number of hydrogen-bond acceptors (Lipinski definition) is 3. The molecular formula is C51H39N3. The number of aromatic nitrogens is 3. The summed E-state index contributed by atoms with van der Waals surface area (Å²) in [6.07, 6.45) is 0. The van der Waals surface area contributed by atoms with E-state index >= 15 is 0 Å². The molecule has 0 saturated heterocycles. The molecule has 0 unspecified atom stereocenters. The molecule has 54 heavy (non-hydrogen) atoms. The van der Waals surface area contributed by atoms with Gasteiger partial charge in [-0.3, -0.25) is 0 Å². The van der Waals surface area contributed by atoms with Gasteiger partial charge in [0.2, 0.25) is 0 Å². The first-order valence-corrected chi connectivity index (χ1v) is 18.5. The van der Waals surface area contributed by atoms with Gasteiger partial charge < -0.3 is 0 Å². The van der Waals surface area contributed by atoms with Crippen LogP contribution in [0.25, 0.3) is 89.1 Å². The fourth-order valence-electron chi connectivity index (χ4n) is 7.45. The minimum atomic E-state index is 0.109. The lowest BCUT2D eigenvalue weighted by Crippen LogP contribution is -2.10. The Balaban J connectivity index is 1.17. The number of benzene rings is 8. The largest absolute Gasteiger partial charge is 0.208 e. The third kappa shape index (κ3) is 6.24. The summed E-state index contributed by atoms with van der Waals surface area (Å²) in [7, 11) is 0. The van der Waals surface area contributed by atoms with Crippen molar-refractivity contribution in [2.45, 2.75) is 26.2 Å². The van der Waals surface area contributed by atoms with Gasteiger partial charge >= 0.3 is 0 Å². The first-order valence-electron chi connectivity index (χ1n) is 18.5. The summed E-state index contributed by atoms with van der Waals surface area (Å²) < 4.78 is 0. The van der Waals surface area contributed by atoms with Gasteiger partial charge in [0.05, 0.1) is 0 Å². The smallest absolute Gasteiger partial charge is 0.164 e. The molecule has 0 aliphatic carbocycles. The van der Waals surface area contributed by atoms with Gasteiger partial charge in [0.15, 0.2) is 17.5 Å². The van der Waals surface area contributed by atoms with Crippen molar-refractivity contribution in [1.29, 1.82) is 0 Å². The van der Waals surface area contributed by atoms with Crippen molar-refractivity contribution in [3.05, 3.63) is 188 Å². The molecule has 1 heterocycles. The van der Waals surface area contributed by atoms with Gasteiger partial charge in [-0.1, -0.05) is 197 Å². The summed E-state index contributed by atoms with van der Waals surface area (Å²) in [6, 6.07) is 64.4. The van der Waals surface area contributed by atoms with Crippen LogP contribution in [-0.2, 0) is 5.41 Å². The van der Waals surface area contributed by atoms with E-state index in [4.69, 9.17) is 15.0 Å². The highest BCUT2D eigenvalue weighted by atomic mass is 15.0. The number of nitrogens with zero attached hydrogens (tertiary/aromatic N) is 3. The van der Waals surface area contributed by atoms with Gasteiger partial charge in [0.25, 0.3) is 0 Å². The van der Waals surface area contributed by atoms with Gasteiger partial charge in [-0.25, -0.2) is 15.0 Å². The van der Waals surface area contributed by atoms with Crippen molar-refractivity contribution in [3.63, 3.8) is 0 Å². The van der Waals surface area contributed by atoms with Crippen LogP contribution < -0.4 is 0 Å². The summed E-state index contributed by atoms with van der Waals surface area (Å²) >= 11 is 0. The minimum absolute atomic E-state index is 0.109. The molecule has 0 amide bonds. The molecule has 0 spiro atoms. The van der Waals surface area contributed by atoms with Crippen molar-refractivity contribution in [2.24, 2.45) is 0 Å². The van der Waals surface area contributed by atoms with Gasteiger partial charge in [0, 0.05) is 16.7 Å². The maximum atomic E-state index is 5.15. The van der Waals surface area contributed by atoms with E-state index in [9.17, 15) is 0 Å². The lowest BCUT2D eigenvalue weighted by atomic mass is 9.85. The highest BCUT2D eigenvalue weighted by Gasteiger charge is 2.18. The van der Waals surface area contributed by atoms with E-state index in [2.05, 4.69) is 178 Å². The Morgan fingerprint density at radius 3 is 1.17 bits per heavy atom. The fourth-order valence-corrected chi connectivity index (χ4v) is 7.45. The van der Waals surface area contributed by atoms with Crippen LogP contribution in [0.15, 0.2) is 182 Å².